The second-order valence-corrected chi connectivity index (χ2v) is 4.92. The molecule has 21 heavy (non-hydrogen) atoms. The van der Waals surface area contributed by atoms with Crippen molar-refractivity contribution in [3.63, 3.8) is 0 Å². The Morgan fingerprint density at radius 2 is 1.95 bits per heavy atom. The summed E-state index contributed by atoms with van der Waals surface area (Å²) in [4.78, 5) is 12.1. The van der Waals surface area contributed by atoms with E-state index in [2.05, 4.69) is 22.7 Å². The Labute approximate surface area is 125 Å². The summed E-state index contributed by atoms with van der Waals surface area (Å²) < 4.78 is 1.78. The third kappa shape index (κ3) is 3.84. The van der Waals surface area contributed by atoms with Gasteiger partial charge < -0.3 is 10.6 Å². The lowest BCUT2D eigenvalue weighted by Gasteiger charge is -2.07. The molecule has 0 aliphatic rings. The number of hydrogen-bond donors (Lipinski definition) is 2. The molecule has 1 aromatic heterocycles. The van der Waals surface area contributed by atoms with Crippen LogP contribution in [-0.2, 0) is 20.0 Å². The highest BCUT2D eigenvalue weighted by molar-refractivity contribution is 5.94. The third-order valence-electron chi connectivity index (χ3n) is 3.29. The van der Waals surface area contributed by atoms with Gasteiger partial charge in [0.1, 0.15) is 0 Å². The zero-order chi connectivity index (χ0) is 15.2. The van der Waals surface area contributed by atoms with Gasteiger partial charge in [0, 0.05) is 43.1 Å². The molecule has 1 heterocycles. The minimum Gasteiger partial charge on any atom is -0.385 e. The molecule has 0 bridgehead atoms. The number of rotatable bonds is 6. The summed E-state index contributed by atoms with van der Waals surface area (Å²) in [6, 6.07) is 7.49. The molecule has 0 radical (unpaired) electrons. The van der Waals surface area contributed by atoms with Gasteiger partial charge in [-0.2, -0.15) is 5.10 Å². The van der Waals surface area contributed by atoms with Crippen molar-refractivity contribution in [2.24, 2.45) is 7.05 Å². The van der Waals surface area contributed by atoms with E-state index in [1.807, 2.05) is 44.4 Å². The number of carbonyl (C=O) groups is 1. The molecular formula is C16H22N4O. The summed E-state index contributed by atoms with van der Waals surface area (Å²) in [6.07, 6.45) is 2.82. The van der Waals surface area contributed by atoms with Crippen LogP contribution in [0, 0.1) is 0 Å². The first-order chi connectivity index (χ1) is 10.1. The van der Waals surface area contributed by atoms with Gasteiger partial charge in [-0.05, 0) is 37.6 Å². The molecule has 5 heteroatoms. The highest BCUT2D eigenvalue weighted by Gasteiger charge is 2.09. The normalized spacial score (nSPS) is 10.4. The van der Waals surface area contributed by atoms with Crippen LogP contribution in [0.3, 0.4) is 0 Å². The van der Waals surface area contributed by atoms with Crippen molar-refractivity contribution < 1.29 is 4.79 Å². The number of hydrogen-bond acceptors (Lipinski definition) is 3. The Morgan fingerprint density at radius 1 is 1.24 bits per heavy atom. The summed E-state index contributed by atoms with van der Waals surface area (Å²) in [7, 11) is 1.89. The molecular weight excluding hydrogens is 264 g/mol. The van der Waals surface area contributed by atoms with E-state index in [-0.39, 0.29) is 5.91 Å². The highest BCUT2D eigenvalue weighted by atomic mass is 16.1. The number of aryl methyl sites for hydroxylation is 2. The van der Waals surface area contributed by atoms with Gasteiger partial charge in [0.2, 0.25) is 0 Å². The molecule has 0 unspecified atom stereocenters. The quantitative estimate of drug-likeness (QED) is 0.857. The highest BCUT2D eigenvalue weighted by Crippen LogP contribution is 2.10. The van der Waals surface area contributed by atoms with E-state index in [1.165, 1.54) is 0 Å². The van der Waals surface area contributed by atoms with Gasteiger partial charge in [-0.3, -0.25) is 9.48 Å². The van der Waals surface area contributed by atoms with Crippen LogP contribution in [0.4, 0.5) is 5.69 Å². The van der Waals surface area contributed by atoms with E-state index < -0.39 is 0 Å². The summed E-state index contributed by atoms with van der Waals surface area (Å²) in [5.74, 6) is -0.0658. The van der Waals surface area contributed by atoms with E-state index in [9.17, 15) is 4.79 Å². The van der Waals surface area contributed by atoms with Gasteiger partial charge in [-0.25, -0.2) is 0 Å². The molecule has 0 spiro atoms. The topological polar surface area (TPSA) is 59.0 Å². The van der Waals surface area contributed by atoms with Crippen LogP contribution in [0.5, 0.6) is 0 Å². The average molecular weight is 286 g/mol. The lowest BCUT2D eigenvalue weighted by atomic mass is 10.1. The molecule has 5 nitrogen and oxygen atoms in total. The standard InChI is InChI=1S/C16H22N4O/c1-4-15-13(11-20(3)19-15)10-18-16(21)12-6-8-14(9-7-12)17-5-2/h6-9,11,17H,4-5,10H2,1-3H3,(H,18,21). The second kappa shape index (κ2) is 6.92. The van der Waals surface area contributed by atoms with Crippen LogP contribution < -0.4 is 10.6 Å². The molecule has 1 aromatic carbocycles. The maximum Gasteiger partial charge on any atom is 0.251 e. The van der Waals surface area contributed by atoms with Crippen molar-refractivity contribution in [1.29, 1.82) is 0 Å². The van der Waals surface area contributed by atoms with E-state index in [1.54, 1.807) is 4.68 Å². The number of carbonyl (C=O) groups excluding carboxylic acids is 1. The number of nitrogens with one attached hydrogen (secondary N) is 2. The Morgan fingerprint density at radius 3 is 2.57 bits per heavy atom. The van der Waals surface area contributed by atoms with Crippen molar-refractivity contribution in [3.8, 4) is 0 Å². The zero-order valence-corrected chi connectivity index (χ0v) is 12.8. The van der Waals surface area contributed by atoms with Gasteiger partial charge in [0.05, 0.1) is 5.69 Å². The molecule has 2 N–H and O–H groups in total. The lowest BCUT2D eigenvalue weighted by Crippen LogP contribution is -2.23. The fourth-order valence-electron chi connectivity index (χ4n) is 2.25. The van der Waals surface area contributed by atoms with Crippen molar-refractivity contribution in [3.05, 3.63) is 47.3 Å². The van der Waals surface area contributed by atoms with Gasteiger partial charge in [0.25, 0.3) is 5.91 Å². The van der Waals surface area contributed by atoms with Gasteiger partial charge in [-0.1, -0.05) is 6.92 Å². The van der Waals surface area contributed by atoms with E-state index in [0.717, 1.165) is 29.9 Å². The summed E-state index contributed by atoms with van der Waals surface area (Å²) in [5.41, 5.74) is 3.78. The minimum absolute atomic E-state index is 0.0658. The molecule has 0 aliphatic carbocycles. The number of anilines is 1. The molecule has 112 valence electrons. The predicted octanol–water partition coefficient (Wildman–Crippen LogP) is 2.34. The largest absolute Gasteiger partial charge is 0.385 e. The predicted molar refractivity (Wildman–Crippen MR) is 84.4 cm³/mol. The van der Waals surface area contributed by atoms with Crippen LogP contribution in [0.25, 0.3) is 0 Å². The summed E-state index contributed by atoms with van der Waals surface area (Å²) >= 11 is 0. The number of benzene rings is 1. The average Bonchev–Trinajstić information content (AvgIpc) is 2.86. The lowest BCUT2D eigenvalue weighted by molar-refractivity contribution is 0.0951. The molecule has 2 aromatic rings. The Hall–Kier alpha value is -2.30. The van der Waals surface area contributed by atoms with Crippen LogP contribution in [0.15, 0.2) is 30.5 Å². The van der Waals surface area contributed by atoms with Crippen molar-refractivity contribution in [2.75, 3.05) is 11.9 Å². The fraction of sp³-hybridized carbons (Fsp3) is 0.375. The number of nitrogens with zero attached hydrogens (tertiary/aromatic N) is 2. The maximum absolute atomic E-state index is 12.1. The maximum atomic E-state index is 12.1. The van der Waals surface area contributed by atoms with Crippen LogP contribution in [-0.4, -0.2) is 22.2 Å². The Balaban J connectivity index is 1.97. The first-order valence-electron chi connectivity index (χ1n) is 7.27. The molecule has 2 rings (SSSR count). The Kier molecular flexibility index (Phi) is 4.98. The van der Waals surface area contributed by atoms with Crippen LogP contribution in [0.2, 0.25) is 0 Å². The van der Waals surface area contributed by atoms with Crippen molar-refractivity contribution in [1.82, 2.24) is 15.1 Å². The first kappa shape index (κ1) is 15.1. The Bertz CT molecular complexity index is 601. The van der Waals surface area contributed by atoms with E-state index in [4.69, 9.17) is 0 Å². The van der Waals surface area contributed by atoms with Gasteiger partial charge in [0.15, 0.2) is 0 Å². The monoisotopic (exact) mass is 286 g/mol. The summed E-state index contributed by atoms with van der Waals surface area (Å²) in [5, 5.41) is 10.5. The van der Waals surface area contributed by atoms with Crippen molar-refractivity contribution >= 4 is 11.6 Å². The van der Waals surface area contributed by atoms with Gasteiger partial charge >= 0.3 is 0 Å². The number of amides is 1. The second-order valence-electron chi connectivity index (χ2n) is 4.92. The molecule has 0 saturated heterocycles. The number of aromatic nitrogens is 2. The zero-order valence-electron chi connectivity index (χ0n) is 12.8. The van der Waals surface area contributed by atoms with Crippen LogP contribution in [0.1, 0.15) is 35.5 Å². The van der Waals surface area contributed by atoms with Gasteiger partial charge in [-0.15, -0.1) is 0 Å². The SMILES string of the molecule is CCNc1ccc(C(=O)NCc2cn(C)nc2CC)cc1. The molecule has 1 amide bonds. The molecule has 0 aliphatic heterocycles. The van der Waals surface area contributed by atoms with E-state index in [0.29, 0.717) is 12.1 Å². The summed E-state index contributed by atoms with van der Waals surface area (Å²) in [6.45, 7) is 5.48. The fourth-order valence-corrected chi connectivity index (χ4v) is 2.25. The smallest absolute Gasteiger partial charge is 0.251 e. The molecule has 0 atom stereocenters. The van der Waals surface area contributed by atoms with E-state index >= 15 is 0 Å². The molecule has 0 fully saturated rings. The van der Waals surface area contributed by atoms with Crippen molar-refractivity contribution in [2.45, 2.75) is 26.8 Å². The minimum atomic E-state index is -0.0658. The first-order valence-corrected chi connectivity index (χ1v) is 7.27. The third-order valence-corrected chi connectivity index (χ3v) is 3.29. The van der Waals surface area contributed by atoms with Crippen LogP contribution >= 0.6 is 0 Å². The molecule has 0 saturated carbocycles.